The molecule has 8 nitrogen and oxygen atoms in total. The van der Waals surface area contributed by atoms with Crippen LogP contribution in [0.3, 0.4) is 0 Å². The summed E-state index contributed by atoms with van der Waals surface area (Å²) in [6.07, 6.45) is -0.642. The molecule has 1 saturated heterocycles. The van der Waals surface area contributed by atoms with Crippen molar-refractivity contribution >= 4 is 8.25 Å². The summed E-state index contributed by atoms with van der Waals surface area (Å²) in [5.41, 5.74) is -1.92. The predicted molar refractivity (Wildman–Crippen MR) is 66.2 cm³/mol. The second kappa shape index (κ2) is 6.01. The van der Waals surface area contributed by atoms with Crippen LogP contribution in [0.4, 0.5) is 4.39 Å². The van der Waals surface area contributed by atoms with E-state index in [4.69, 9.17) is 14.2 Å². The van der Waals surface area contributed by atoms with Gasteiger partial charge in [0.05, 0.1) is 18.4 Å². The molecule has 1 aromatic rings. The van der Waals surface area contributed by atoms with E-state index in [2.05, 4.69) is 0 Å². The highest BCUT2D eigenvalue weighted by molar-refractivity contribution is 7.32. The van der Waals surface area contributed by atoms with Gasteiger partial charge in [-0.25, -0.2) is 4.79 Å². The molecule has 10 heteroatoms. The second-order valence-corrected chi connectivity index (χ2v) is 5.11. The molecule has 0 amide bonds. The van der Waals surface area contributed by atoms with Gasteiger partial charge in [0.15, 0.2) is 0 Å². The number of hydrogen-bond donors (Lipinski definition) is 2. The SMILES string of the molecule is CC[C@H]1O[C@@H](n2cc(F)c(=O)[nH]c2=O)C[C@H]1O[PH](=O)O. The molecule has 112 valence electrons. The Balaban J connectivity index is 2.27. The Hall–Kier alpha value is -1.28. The summed E-state index contributed by atoms with van der Waals surface area (Å²) in [7, 11) is -3.14. The van der Waals surface area contributed by atoms with E-state index in [0.717, 1.165) is 10.8 Å². The molecule has 0 aromatic carbocycles. The standard InChI is InChI=1S/C10H14FN2O6P/c1-2-6-7(19-20(16)17)3-8(18-6)13-4-5(11)9(14)12-10(13)15/h4,6-8,20H,2-3H2,1H3,(H,16,17)(H,12,14,15)/t6-,7-,8-/m1/s1. The summed E-state index contributed by atoms with van der Waals surface area (Å²) in [5, 5.41) is 0. The third-order valence-corrected chi connectivity index (χ3v) is 3.57. The fourth-order valence-corrected chi connectivity index (χ4v) is 2.67. The first kappa shape index (κ1) is 15.1. The van der Waals surface area contributed by atoms with Crippen molar-refractivity contribution < 1.29 is 23.1 Å². The topological polar surface area (TPSA) is 111 Å². The maximum absolute atomic E-state index is 13.2. The highest BCUT2D eigenvalue weighted by Crippen LogP contribution is 2.35. The van der Waals surface area contributed by atoms with Crippen LogP contribution in [0.1, 0.15) is 26.0 Å². The van der Waals surface area contributed by atoms with Gasteiger partial charge in [0, 0.05) is 6.42 Å². The predicted octanol–water partition coefficient (Wildman–Crippen LogP) is 0.140. The highest BCUT2D eigenvalue weighted by atomic mass is 31.1. The third-order valence-electron chi connectivity index (χ3n) is 3.07. The zero-order chi connectivity index (χ0) is 14.9. The molecule has 0 aliphatic carbocycles. The van der Waals surface area contributed by atoms with Crippen LogP contribution in [0.15, 0.2) is 15.8 Å². The number of ether oxygens (including phenoxy) is 1. The van der Waals surface area contributed by atoms with Crippen molar-refractivity contribution in [1.82, 2.24) is 9.55 Å². The van der Waals surface area contributed by atoms with E-state index in [1.54, 1.807) is 6.92 Å². The lowest BCUT2D eigenvalue weighted by Crippen LogP contribution is -2.33. The first-order valence-corrected chi connectivity index (χ1v) is 7.24. The second-order valence-electron chi connectivity index (χ2n) is 4.34. The zero-order valence-electron chi connectivity index (χ0n) is 10.5. The van der Waals surface area contributed by atoms with E-state index < -0.39 is 43.8 Å². The molecule has 2 N–H and O–H groups in total. The zero-order valence-corrected chi connectivity index (χ0v) is 11.5. The van der Waals surface area contributed by atoms with Gasteiger partial charge >= 0.3 is 13.9 Å². The number of nitrogens with one attached hydrogen (secondary N) is 1. The van der Waals surface area contributed by atoms with Crippen LogP contribution in [0.25, 0.3) is 0 Å². The third kappa shape index (κ3) is 3.06. The Morgan fingerprint density at radius 1 is 1.65 bits per heavy atom. The molecule has 1 aliphatic heterocycles. The Labute approximate surface area is 113 Å². The normalized spacial score (nSPS) is 27.6. The number of halogens is 1. The lowest BCUT2D eigenvalue weighted by Gasteiger charge is -2.15. The molecule has 4 atom stereocenters. The van der Waals surface area contributed by atoms with Crippen LogP contribution in [-0.4, -0.2) is 26.7 Å². The summed E-state index contributed by atoms with van der Waals surface area (Å²) >= 11 is 0. The number of aromatic nitrogens is 2. The van der Waals surface area contributed by atoms with Crippen molar-refractivity contribution in [2.45, 2.75) is 38.2 Å². The summed E-state index contributed by atoms with van der Waals surface area (Å²) in [6.45, 7) is 1.79. The molecule has 0 bridgehead atoms. The van der Waals surface area contributed by atoms with Gasteiger partial charge in [0.25, 0.3) is 5.56 Å². The van der Waals surface area contributed by atoms with E-state index in [9.17, 15) is 18.5 Å². The molecule has 2 rings (SSSR count). The molecule has 1 aromatic heterocycles. The van der Waals surface area contributed by atoms with Crippen LogP contribution < -0.4 is 11.2 Å². The van der Waals surface area contributed by atoms with Gasteiger partial charge < -0.3 is 14.2 Å². The quantitative estimate of drug-likeness (QED) is 0.766. The maximum atomic E-state index is 13.2. The monoisotopic (exact) mass is 308 g/mol. The Bertz CT molecular complexity index is 629. The number of rotatable bonds is 4. The average Bonchev–Trinajstić information content (AvgIpc) is 2.75. The van der Waals surface area contributed by atoms with Crippen LogP contribution in [0.2, 0.25) is 0 Å². The summed E-state index contributed by atoms with van der Waals surface area (Å²) in [4.78, 5) is 33.2. The van der Waals surface area contributed by atoms with Gasteiger partial charge in [-0.2, -0.15) is 4.39 Å². The number of nitrogens with zero attached hydrogens (tertiary/aromatic N) is 1. The average molecular weight is 308 g/mol. The summed E-state index contributed by atoms with van der Waals surface area (Å²) in [6, 6.07) is 0. The fraction of sp³-hybridized carbons (Fsp3) is 0.600. The van der Waals surface area contributed by atoms with Gasteiger partial charge in [-0.3, -0.25) is 18.9 Å². The Morgan fingerprint density at radius 2 is 2.35 bits per heavy atom. The van der Waals surface area contributed by atoms with Crippen molar-refractivity contribution in [3.63, 3.8) is 0 Å². The molecule has 1 unspecified atom stereocenters. The minimum Gasteiger partial charge on any atom is -0.352 e. The Morgan fingerprint density at radius 3 is 2.95 bits per heavy atom. The van der Waals surface area contributed by atoms with Crippen LogP contribution in [0.5, 0.6) is 0 Å². The van der Waals surface area contributed by atoms with Crippen LogP contribution in [0, 0.1) is 5.82 Å². The number of aromatic amines is 1. The van der Waals surface area contributed by atoms with E-state index in [1.165, 1.54) is 0 Å². The van der Waals surface area contributed by atoms with Crippen molar-refractivity contribution in [1.29, 1.82) is 0 Å². The molecule has 20 heavy (non-hydrogen) atoms. The largest absolute Gasteiger partial charge is 0.352 e. The molecule has 0 spiro atoms. The molecule has 0 radical (unpaired) electrons. The van der Waals surface area contributed by atoms with Gasteiger partial charge in [0.1, 0.15) is 6.23 Å². The van der Waals surface area contributed by atoms with E-state index in [-0.39, 0.29) is 6.42 Å². The van der Waals surface area contributed by atoms with Gasteiger partial charge in [0.2, 0.25) is 5.82 Å². The lowest BCUT2D eigenvalue weighted by molar-refractivity contribution is -0.0187. The molecule has 2 heterocycles. The van der Waals surface area contributed by atoms with Gasteiger partial charge in [-0.05, 0) is 6.42 Å². The van der Waals surface area contributed by atoms with Gasteiger partial charge in [-0.1, -0.05) is 6.92 Å². The fourth-order valence-electron chi connectivity index (χ4n) is 2.16. The first-order valence-electron chi connectivity index (χ1n) is 5.98. The molecule has 0 saturated carbocycles. The van der Waals surface area contributed by atoms with Crippen molar-refractivity contribution in [3.05, 3.63) is 32.9 Å². The minimum atomic E-state index is -3.14. The van der Waals surface area contributed by atoms with Crippen molar-refractivity contribution in [2.24, 2.45) is 0 Å². The van der Waals surface area contributed by atoms with Gasteiger partial charge in [-0.15, -0.1) is 0 Å². The lowest BCUT2D eigenvalue weighted by atomic mass is 10.1. The molecule has 1 aliphatic rings. The first-order chi connectivity index (χ1) is 9.42. The number of hydrogen-bond acceptors (Lipinski definition) is 5. The maximum Gasteiger partial charge on any atom is 0.330 e. The highest BCUT2D eigenvalue weighted by Gasteiger charge is 2.37. The number of H-pyrrole nitrogens is 1. The summed E-state index contributed by atoms with van der Waals surface area (Å²) < 4.78 is 35.2. The van der Waals surface area contributed by atoms with Crippen LogP contribution >= 0.6 is 8.25 Å². The Kier molecular flexibility index (Phi) is 4.54. The molecular weight excluding hydrogens is 294 g/mol. The van der Waals surface area contributed by atoms with E-state index in [1.807, 2.05) is 4.98 Å². The van der Waals surface area contributed by atoms with Crippen molar-refractivity contribution in [3.8, 4) is 0 Å². The molecular formula is C10H14FN2O6P. The minimum absolute atomic E-state index is 0.112. The van der Waals surface area contributed by atoms with Crippen molar-refractivity contribution in [2.75, 3.05) is 0 Å². The summed E-state index contributed by atoms with van der Waals surface area (Å²) in [5.74, 6) is -1.11. The van der Waals surface area contributed by atoms with Crippen LogP contribution in [-0.2, 0) is 13.8 Å². The molecule has 1 fully saturated rings. The van der Waals surface area contributed by atoms with E-state index in [0.29, 0.717) is 6.42 Å². The smallest absolute Gasteiger partial charge is 0.330 e. The van der Waals surface area contributed by atoms with E-state index >= 15 is 0 Å².